The number of rotatable bonds is 6. The summed E-state index contributed by atoms with van der Waals surface area (Å²) in [6.45, 7) is 12.0. The van der Waals surface area contributed by atoms with Crippen LogP contribution in [-0.4, -0.2) is 43.4 Å². The largest absolute Gasteiger partial charge is 0.368 e. The Balaban J connectivity index is 2.20. The second kappa shape index (κ2) is 6.54. The van der Waals surface area contributed by atoms with Crippen molar-refractivity contribution >= 4 is 15.9 Å². The lowest BCUT2D eigenvalue weighted by Gasteiger charge is -2.35. The van der Waals surface area contributed by atoms with Crippen LogP contribution in [0.4, 0.5) is 0 Å². The third-order valence-corrected chi connectivity index (χ3v) is 3.90. The van der Waals surface area contributed by atoms with Crippen LogP contribution in [0.25, 0.3) is 0 Å². The van der Waals surface area contributed by atoms with Crippen LogP contribution in [-0.2, 0) is 18.9 Å². The number of ether oxygens (including phenoxy) is 4. The molecule has 0 N–H and O–H groups in total. The first kappa shape index (κ1) is 15.9. The molecule has 1 fully saturated rings. The lowest BCUT2D eigenvalue weighted by atomic mass is 9.96. The zero-order valence-corrected chi connectivity index (χ0v) is 13.5. The average Bonchev–Trinajstić information content (AvgIpc) is 2.71. The smallest absolute Gasteiger partial charge is 0.164 e. The summed E-state index contributed by atoms with van der Waals surface area (Å²) in [4.78, 5) is 0. The van der Waals surface area contributed by atoms with E-state index in [-0.39, 0.29) is 24.4 Å². The molecular formula is C15H21BrO4. The van der Waals surface area contributed by atoms with Crippen LogP contribution < -0.4 is 0 Å². The van der Waals surface area contributed by atoms with E-state index in [0.717, 1.165) is 4.48 Å². The molecule has 0 bridgehead atoms. The van der Waals surface area contributed by atoms with E-state index >= 15 is 0 Å². The van der Waals surface area contributed by atoms with Gasteiger partial charge in [0.15, 0.2) is 5.79 Å². The molecule has 2 rings (SSSR count). The Hall–Kier alpha value is -0.460. The molecule has 0 spiro atoms. The zero-order valence-electron chi connectivity index (χ0n) is 11.9. The van der Waals surface area contributed by atoms with Gasteiger partial charge in [0, 0.05) is 4.48 Å². The van der Waals surface area contributed by atoms with Gasteiger partial charge in [-0.2, -0.15) is 0 Å². The molecule has 0 unspecified atom stereocenters. The third kappa shape index (κ3) is 3.40. The van der Waals surface area contributed by atoms with Crippen molar-refractivity contribution < 1.29 is 18.9 Å². The highest BCUT2D eigenvalue weighted by Gasteiger charge is 2.51. The fourth-order valence-electron chi connectivity index (χ4n) is 2.47. The fraction of sp³-hybridized carbons (Fsp3) is 0.600. The maximum atomic E-state index is 5.98. The summed E-state index contributed by atoms with van der Waals surface area (Å²) in [6.07, 6.45) is 4.59. The molecule has 20 heavy (non-hydrogen) atoms. The van der Waals surface area contributed by atoms with Gasteiger partial charge >= 0.3 is 0 Å². The molecule has 4 nitrogen and oxygen atoms in total. The topological polar surface area (TPSA) is 36.9 Å². The van der Waals surface area contributed by atoms with Gasteiger partial charge in [0.1, 0.15) is 24.4 Å². The maximum Gasteiger partial charge on any atom is 0.164 e. The van der Waals surface area contributed by atoms with Crippen molar-refractivity contribution in [3.05, 3.63) is 35.9 Å². The van der Waals surface area contributed by atoms with E-state index in [2.05, 4.69) is 29.1 Å². The van der Waals surface area contributed by atoms with Crippen LogP contribution in [0.3, 0.4) is 0 Å². The lowest BCUT2D eigenvalue weighted by molar-refractivity contribution is -0.167. The van der Waals surface area contributed by atoms with Gasteiger partial charge in [-0.3, -0.25) is 0 Å². The molecule has 112 valence electrons. The highest BCUT2D eigenvalue weighted by Crippen LogP contribution is 2.41. The summed E-state index contributed by atoms with van der Waals surface area (Å²) < 4.78 is 24.4. The lowest BCUT2D eigenvalue weighted by Crippen LogP contribution is -2.49. The Labute approximate surface area is 128 Å². The summed E-state index contributed by atoms with van der Waals surface area (Å²) in [5.74, 6) is -0.634. The predicted molar refractivity (Wildman–Crippen MR) is 80.7 cm³/mol. The first-order valence-electron chi connectivity index (χ1n) is 6.66. The van der Waals surface area contributed by atoms with Gasteiger partial charge < -0.3 is 18.9 Å². The Bertz CT molecular complexity index is 405. The average molecular weight is 345 g/mol. The zero-order chi connectivity index (χ0) is 14.8. The number of halogens is 1. The minimum atomic E-state index is -0.634. The molecule has 0 aromatic heterocycles. The minimum absolute atomic E-state index is 0.164. The van der Waals surface area contributed by atoms with Crippen molar-refractivity contribution in [3.63, 3.8) is 0 Å². The molecule has 2 aliphatic rings. The second-order valence-corrected chi connectivity index (χ2v) is 6.16. The van der Waals surface area contributed by atoms with Crippen LogP contribution in [0, 0.1) is 0 Å². The van der Waals surface area contributed by atoms with Crippen molar-refractivity contribution in [2.45, 2.75) is 44.1 Å². The predicted octanol–water partition coefficient (Wildman–Crippen LogP) is 2.94. The Morgan fingerprint density at radius 1 is 1.25 bits per heavy atom. The van der Waals surface area contributed by atoms with Crippen LogP contribution in [0.1, 0.15) is 13.8 Å². The fourth-order valence-corrected chi connectivity index (χ4v) is 3.08. The molecule has 0 radical (unpaired) electrons. The molecule has 0 amide bonds. The van der Waals surface area contributed by atoms with E-state index in [1.54, 1.807) is 12.2 Å². The summed E-state index contributed by atoms with van der Waals surface area (Å²) >= 11 is 3.55. The van der Waals surface area contributed by atoms with E-state index in [4.69, 9.17) is 18.9 Å². The van der Waals surface area contributed by atoms with Gasteiger partial charge in [-0.25, -0.2) is 0 Å². The monoisotopic (exact) mass is 344 g/mol. The summed E-state index contributed by atoms with van der Waals surface area (Å²) in [7, 11) is 0. The molecule has 1 aliphatic heterocycles. The highest BCUT2D eigenvalue weighted by atomic mass is 79.9. The maximum absolute atomic E-state index is 5.98. The molecule has 1 heterocycles. The summed E-state index contributed by atoms with van der Waals surface area (Å²) in [6, 6.07) is 0. The SMILES string of the molecule is C=CCO[C@H]1[C@@H]2OC(C)(C)O[C@@H]2C(Br)=C[C@@H]1OCC=C. The first-order valence-corrected chi connectivity index (χ1v) is 7.45. The van der Waals surface area contributed by atoms with Crippen LogP contribution in [0.2, 0.25) is 0 Å². The van der Waals surface area contributed by atoms with Gasteiger partial charge in [0.05, 0.1) is 13.2 Å². The standard InChI is InChI=1S/C15H21BrO4/c1-5-7-17-11-9-10(16)12-14(13(11)18-8-6-2)20-15(3,4)19-12/h5-6,9,11-14H,1-2,7-8H2,3-4H3/t11-,12+,13+,14+/m0/s1. The van der Waals surface area contributed by atoms with Crippen molar-refractivity contribution in [3.8, 4) is 0 Å². The van der Waals surface area contributed by atoms with E-state index in [1.807, 2.05) is 19.9 Å². The van der Waals surface area contributed by atoms with E-state index in [9.17, 15) is 0 Å². The Morgan fingerprint density at radius 2 is 1.90 bits per heavy atom. The third-order valence-electron chi connectivity index (χ3n) is 3.19. The van der Waals surface area contributed by atoms with Crippen molar-refractivity contribution in [2.24, 2.45) is 0 Å². The van der Waals surface area contributed by atoms with Gasteiger partial charge in [0.25, 0.3) is 0 Å². The molecule has 1 aliphatic carbocycles. The number of hydrogen-bond donors (Lipinski definition) is 0. The van der Waals surface area contributed by atoms with Crippen LogP contribution in [0.5, 0.6) is 0 Å². The summed E-state index contributed by atoms with van der Waals surface area (Å²) in [5, 5.41) is 0. The normalized spacial score (nSPS) is 35.2. The molecule has 0 aromatic rings. The first-order chi connectivity index (χ1) is 9.48. The highest BCUT2D eigenvalue weighted by molar-refractivity contribution is 9.11. The summed E-state index contributed by atoms with van der Waals surface area (Å²) in [5.41, 5.74) is 0. The second-order valence-electron chi connectivity index (χ2n) is 5.25. The van der Waals surface area contributed by atoms with E-state index in [1.165, 1.54) is 0 Å². The molecular weight excluding hydrogens is 324 g/mol. The van der Waals surface area contributed by atoms with Crippen molar-refractivity contribution in [1.29, 1.82) is 0 Å². The van der Waals surface area contributed by atoms with Gasteiger partial charge in [-0.05, 0) is 19.9 Å². The van der Waals surface area contributed by atoms with Crippen molar-refractivity contribution in [1.82, 2.24) is 0 Å². The minimum Gasteiger partial charge on any atom is -0.368 e. The Kier molecular flexibility index (Phi) is 5.20. The number of fused-ring (bicyclic) bond motifs is 1. The number of hydrogen-bond acceptors (Lipinski definition) is 4. The van der Waals surface area contributed by atoms with E-state index in [0.29, 0.717) is 13.2 Å². The molecule has 0 aromatic carbocycles. The molecule has 1 saturated heterocycles. The quantitative estimate of drug-likeness (QED) is 0.694. The van der Waals surface area contributed by atoms with E-state index < -0.39 is 5.79 Å². The molecule has 0 saturated carbocycles. The van der Waals surface area contributed by atoms with Crippen molar-refractivity contribution in [2.75, 3.05) is 13.2 Å². The molecule has 5 heteroatoms. The van der Waals surface area contributed by atoms with Gasteiger partial charge in [-0.1, -0.05) is 28.1 Å². The molecule has 4 atom stereocenters. The van der Waals surface area contributed by atoms with Gasteiger partial charge in [-0.15, -0.1) is 13.2 Å². The van der Waals surface area contributed by atoms with Crippen LogP contribution >= 0.6 is 15.9 Å². The Morgan fingerprint density at radius 3 is 2.55 bits per heavy atom. The van der Waals surface area contributed by atoms with Gasteiger partial charge in [0.2, 0.25) is 0 Å². The van der Waals surface area contributed by atoms with Crippen LogP contribution in [0.15, 0.2) is 35.9 Å².